The van der Waals surface area contributed by atoms with E-state index in [1.807, 2.05) is 0 Å². The molecule has 0 spiro atoms. The molecule has 0 radical (unpaired) electrons. The molecule has 0 aliphatic carbocycles. The molecule has 8 heteroatoms. The van der Waals surface area contributed by atoms with E-state index in [2.05, 4.69) is 15.9 Å². The van der Waals surface area contributed by atoms with Gasteiger partial charge < -0.3 is 5.11 Å². The monoisotopic (exact) mass is 403 g/mol. The summed E-state index contributed by atoms with van der Waals surface area (Å²) in [6.07, 6.45) is 2.09. The van der Waals surface area contributed by atoms with Gasteiger partial charge in [-0.3, -0.25) is 0 Å². The van der Waals surface area contributed by atoms with Crippen LogP contribution in [0.1, 0.15) is 19.3 Å². The third-order valence-corrected chi connectivity index (χ3v) is 6.00. The first-order chi connectivity index (χ1) is 9.30. The molecule has 0 bridgehead atoms. The molecule has 1 N–H and O–H groups in total. The van der Waals surface area contributed by atoms with Gasteiger partial charge in [0.05, 0.1) is 10.0 Å². The second-order valence-electron chi connectivity index (χ2n) is 4.31. The van der Waals surface area contributed by atoms with Crippen molar-refractivity contribution in [3.63, 3.8) is 0 Å². The highest BCUT2D eigenvalue weighted by Crippen LogP contribution is 2.34. The number of aliphatic hydroxyl groups excluding tert-OH is 1. The van der Waals surface area contributed by atoms with E-state index < -0.39 is 10.0 Å². The maximum Gasteiger partial charge on any atom is 0.245 e. The number of sulfonamides is 1. The number of hydrogen-bond donors (Lipinski definition) is 1. The fourth-order valence-electron chi connectivity index (χ4n) is 1.67. The third-order valence-electron chi connectivity index (χ3n) is 2.76. The van der Waals surface area contributed by atoms with Crippen molar-refractivity contribution >= 4 is 49.2 Å². The van der Waals surface area contributed by atoms with Crippen LogP contribution < -0.4 is 0 Å². The van der Waals surface area contributed by atoms with E-state index in [0.717, 1.165) is 6.42 Å². The Labute approximate surface area is 137 Å². The zero-order chi connectivity index (χ0) is 15.3. The summed E-state index contributed by atoms with van der Waals surface area (Å²) in [5, 5.41) is 8.88. The van der Waals surface area contributed by atoms with Gasteiger partial charge in [0.25, 0.3) is 0 Å². The summed E-state index contributed by atoms with van der Waals surface area (Å²) in [6, 6.07) is 3.00. The summed E-state index contributed by atoms with van der Waals surface area (Å²) >= 11 is 15.2. The zero-order valence-corrected chi connectivity index (χ0v) is 14.9. The number of rotatable bonds is 7. The summed E-state index contributed by atoms with van der Waals surface area (Å²) in [6.45, 7) is 0.464. The highest BCUT2D eigenvalue weighted by Gasteiger charge is 2.26. The molecule has 114 valence electrons. The van der Waals surface area contributed by atoms with Gasteiger partial charge in [0.2, 0.25) is 10.0 Å². The predicted octanol–water partition coefficient (Wildman–Crippen LogP) is 3.54. The fraction of sp³-hybridized carbons (Fsp3) is 0.500. The van der Waals surface area contributed by atoms with Crippen LogP contribution in [0.5, 0.6) is 0 Å². The van der Waals surface area contributed by atoms with Crippen LogP contribution in [0.3, 0.4) is 0 Å². The van der Waals surface area contributed by atoms with E-state index >= 15 is 0 Å². The van der Waals surface area contributed by atoms with Crippen molar-refractivity contribution in [1.29, 1.82) is 0 Å². The van der Waals surface area contributed by atoms with Crippen molar-refractivity contribution < 1.29 is 13.5 Å². The maximum atomic E-state index is 12.4. The van der Waals surface area contributed by atoms with Crippen molar-refractivity contribution in [3.05, 3.63) is 26.7 Å². The van der Waals surface area contributed by atoms with Gasteiger partial charge in [-0.05, 0) is 31.4 Å². The quantitative estimate of drug-likeness (QED) is 0.707. The Balaban J connectivity index is 2.93. The van der Waals surface area contributed by atoms with Crippen molar-refractivity contribution in [2.24, 2.45) is 0 Å². The van der Waals surface area contributed by atoms with Gasteiger partial charge in [0, 0.05) is 24.7 Å². The van der Waals surface area contributed by atoms with Crippen molar-refractivity contribution in [1.82, 2.24) is 4.31 Å². The molecule has 0 unspecified atom stereocenters. The molecule has 0 aliphatic rings. The van der Waals surface area contributed by atoms with Gasteiger partial charge >= 0.3 is 0 Å². The second-order valence-corrected chi connectivity index (χ2v) is 8.02. The average molecular weight is 405 g/mol. The minimum atomic E-state index is -3.72. The third kappa shape index (κ3) is 4.58. The van der Waals surface area contributed by atoms with E-state index in [0.29, 0.717) is 23.9 Å². The van der Waals surface area contributed by atoms with Gasteiger partial charge in [-0.25, -0.2) is 12.7 Å². The zero-order valence-electron chi connectivity index (χ0n) is 10.9. The van der Waals surface area contributed by atoms with Crippen LogP contribution in [0.15, 0.2) is 21.5 Å². The van der Waals surface area contributed by atoms with Crippen LogP contribution >= 0.6 is 39.1 Å². The Morgan fingerprint density at radius 3 is 2.25 bits per heavy atom. The molecular formula is C12H16BrCl2NO3S. The molecule has 1 rings (SSSR count). The minimum absolute atomic E-state index is 0.0753. The van der Waals surface area contributed by atoms with Crippen LogP contribution in [-0.2, 0) is 10.0 Å². The number of benzene rings is 1. The summed E-state index contributed by atoms with van der Waals surface area (Å²) in [4.78, 5) is -0.0753. The second kappa shape index (κ2) is 7.96. The first-order valence-corrected chi connectivity index (χ1v) is 9.01. The first-order valence-electron chi connectivity index (χ1n) is 6.02. The molecule has 0 heterocycles. The summed E-state index contributed by atoms with van der Waals surface area (Å²) < 4.78 is 26.7. The predicted molar refractivity (Wildman–Crippen MR) is 84.9 cm³/mol. The Hall–Kier alpha value is 0.150. The average Bonchev–Trinajstić information content (AvgIpc) is 2.32. The Morgan fingerprint density at radius 2 is 1.75 bits per heavy atom. The number of halogens is 3. The van der Waals surface area contributed by atoms with Crippen molar-refractivity contribution in [3.8, 4) is 0 Å². The van der Waals surface area contributed by atoms with Crippen LogP contribution in [0.25, 0.3) is 0 Å². The van der Waals surface area contributed by atoms with E-state index in [1.54, 1.807) is 0 Å². The lowest BCUT2D eigenvalue weighted by Crippen LogP contribution is -2.28. The Kier molecular flexibility index (Phi) is 7.24. The molecule has 0 atom stereocenters. The minimum Gasteiger partial charge on any atom is -0.396 e. The number of hydrogen-bond acceptors (Lipinski definition) is 3. The molecule has 20 heavy (non-hydrogen) atoms. The van der Waals surface area contributed by atoms with Crippen LogP contribution in [0.4, 0.5) is 0 Å². The molecule has 0 amide bonds. The standard InChI is InChI=1S/C12H16BrCl2NO3S/c1-16(5-3-2-4-6-17)20(18,19)12-10(14)7-9(13)8-11(12)15/h7-8,17H,2-6H2,1H3. The maximum absolute atomic E-state index is 12.4. The van der Waals surface area contributed by atoms with Crippen molar-refractivity contribution in [2.75, 3.05) is 20.2 Å². The number of nitrogens with zero attached hydrogens (tertiary/aromatic N) is 1. The largest absolute Gasteiger partial charge is 0.396 e. The molecule has 0 aliphatic heterocycles. The van der Waals surface area contributed by atoms with Gasteiger partial charge in [-0.1, -0.05) is 39.1 Å². The SMILES string of the molecule is CN(CCCCCO)S(=O)(=O)c1c(Cl)cc(Br)cc1Cl. The van der Waals surface area contributed by atoms with Gasteiger partial charge in [-0.2, -0.15) is 0 Å². The van der Waals surface area contributed by atoms with Gasteiger partial charge in [0.15, 0.2) is 0 Å². The van der Waals surface area contributed by atoms with E-state index in [4.69, 9.17) is 28.3 Å². The summed E-state index contributed by atoms with van der Waals surface area (Å²) in [5.41, 5.74) is 0. The highest BCUT2D eigenvalue weighted by molar-refractivity contribution is 9.10. The molecular weight excluding hydrogens is 389 g/mol. The van der Waals surface area contributed by atoms with Crippen LogP contribution in [0, 0.1) is 0 Å². The number of unbranched alkanes of at least 4 members (excludes halogenated alkanes) is 2. The first kappa shape index (κ1) is 18.2. The summed E-state index contributed by atoms with van der Waals surface area (Å²) in [7, 11) is -2.23. The summed E-state index contributed by atoms with van der Waals surface area (Å²) in [5.74, 6) is 0. The number of aliphatic hydroxyl groups is 1. The lowest BCUT2D eigenvalue weighted by molar-refractivity contribution is 0.281. The van der Waals surface area contributed by atoms with Gasteiger partial charge in [-0.15, -0.1) is 0 Å². The lowest BCUT2D eigenvalue weighted by atomic mass is 10.2. The van der Waals surface area contributed by atoms with Crippen molar-refractivity contribution in [2.45, 2.75) is 24.2 Å². The smallest absolute Gasteiger partial charge is 0.245 e. The molecule has 4 nitrogen and oxygen atoms in total. The normalized spacial score (nSPS) is 12.1. The molecule has 0 fully saturated rings. The van der Waals surface area contributed by atoms with Crippen LogP contribution in [-0.4, -0.2) is 38.0 Å². The topological polar surface area (TPSA) is 57.6 Å². The molecule has 1 aromatic rings. The molecule has 0 saturated carbocycles. The molecule has 1 aromatic carbocycles. The molecule has 0 aromatic heterocycles. The Bertz CT molecular complexity index is 543. The lowest BCUT2D eigenvalue weighted by Gasteiger charge is -2.19. The van der Waals surface area contributed by atoms with E-state index in [-0.39, 0.29) is 21.5 Å². The van der Waals surface area contributed by atoms with E-state index in [9.17, 15) is 8.42 Å². The van der Waals surface area contributed by atoms with E-state index in [1.165, 1.54) is 23.5 Å². The van der Waals surface area contributed by atoms with Gasteiger partial charge in [0.1, 0.15) is 4.90 Å². The highest BCUT2D eigenvalue weighted by atomic mass is 79.9. The molecule has 0 saturated heterocycles. The Morgan fingerprint density at radius 1 is 1.20 bits per heavy atom. The van der Waals surface area contributed by atoms with Crippen LogP contribution in [0.2, 0.25) is 10.0 Å². The fourth-order valence-corrected chi connectivity index (χ4v) is 4.76.